The van der Waals surface area contributed by atoms with Crippen molar-refractivity contribution < 1.29 is 5.11 Å². The Bertz CT molecular complexity index is 419. The molecule has 0 aromatic heterocycles. The van der Waals surface area contributed by atoms with E-state index in [1.807, 2.05) is 12.1 Å². The second kappa shape index (κ2) is 7.26. The fraction of sp³-hybridized carbons (Fsp3) is 0.462. The monoisotopic (exact) mass is 313 g/mol. The van der Waals surface area contributed by atoms with Crippen molar-refractivity contribution in [3.63, 3.8) is 0 Å². The first kappa shape index (κ1) is 14.8. The number of nitrogens with two attached hydrogens (primary N) is 1. The molecular formula is C13H20BrN3O. The summed E-state index contributed by atoms with van der Waals surface area (Å²) >= 11 is 3.27. The maximum Gasteiger partial charge on any atom is 0.188 e. The number of benzene rings is 1. The van der Waals surface area contributed by atoms with E-state index < -0.39 is 0 Å². The summed E-state index contributed by atoms with van der Waals surface area (Å²) in [6.45, 7) is 5.68. The molecule has 0 heterocycles. The number of phenols is 1. The molecule has 18 heavy (non-hydrogen) atoms. The average Bonchev–Trinajstić information content (AvgIpc) is 2.30. The third-order valence-corrected chi connectivity index (χ3v) is 3.11. The van der Waals surface area contributed by atoms with Gasteiger partial charge in [-0.2, -0.15) is 0 Å². The molecule has 0 saturated heterocycles. The molecule has 0 radical (unpaired) electrons. The van der Waals surface area contributed by atoms with Gasteiger partial charge in [0.15, 0.2) is 5.96 Å². The van der Waals surface area contributed by atoms with Crippen molar-refractivity contribution in [2.75, 3.05) is 6.54 Å². The van der Waals surface area contributed by atoms with Gasteiger partial charge in [0.2, 0.25) is 0 Å². The molecule has 0 atom stereocenters. The quantitative estimate of drug-likeness (QED) is 0.578. The molecule has 0 spiro atoms. The molecule has 1 rings (SSSR count). The zero-order valence-corrected chi connectivity index (χ0v) is 12.4. The number of hydrogen-bond donors (Lipinski definition) is 3. The number of nitrogens with zero attached hydrogens (tertiary/aromatic N) is 1. The minimum atomic E-state index is 0.228. The highest BCUT2D eigenvalue weighted by Crippen LogP contribution is 2.24. The van der Waals surface area contributed by atoms with Crippen LogP contribution in [-0.2, 0) is 6.54 Å². The largest absolute Gasteiger partial charge is 0.507 e. The maximum absolute atomic E-state index is 9.37. The molecule has 0 fully saturated rings. The van der Waals surface area contributed by atoms with Gasteiger partial charge in [-0.1, -0.05) is 19.9 Å². The Morgan fingerprint density at radius 1 is 1.50 bits per heavy atom. The van der Waals surface area contributed by atoms with Crippen molar-refractivity contribution in [3.05, 3.63) is 28.2 Å². The summed E-state index contributed by atoms with van der Waals surface area (Å²) in [6, 6.07) is 5.29. The van der Waals surface area contributed by atoms with Crippen molar-refractivity contribution >= 4 is 21.9 Å². The number of aromatic hydroxyl groups is 1. The Morgan fingerprint density at radius 2 is 2.22 bits per heavy atom. The molecule has 1 aromatic rings. The maximum atomic E-state index is 9.37. The molecule has 0 aliphatic rings. The Balaban J connectivity index is 2.44. The van der Waals surface area contributed by atoms with Crippen molar-refractivity contribution in [2.24, 2.45) is 16.6 Å². The van der Waals surface area contributed by atoms with Crippen LogP contribution in [0, 0.1) is 5.92 Å². The predicted octanol–water partition coefficient (Wildman–Crippen LogP) is 2.61. The molecule has 0 aliphatic heterocycles. The molecular weight excluding hydrogens is 294 g/mol. The summed E-state index contributed by atoms with van der Waals surface area (Å²) in [5.74, 6) is 1.34. The summed E-state index contributed by atoms with van der Waals surface area (Å²) < 4.78 is 0.668. The molecule has 5 heteroatoms. The summed E-state index contributed by atoms with van der Waals surface area (Å²) in [5, 5.41) is 12.4. The van der Waals surface area contributed by atoms with Crippen LogP contribution in [0.5, 0.6) is 5.75 Å². The SMILES string of the molecule is CC(C)CCNC(N)=NCc1ccc(O)c(Br)c1. The van der Waals surface area contributed by atoms with Crippen LogP contribution >= 0.6 is 15.9 Å². The lowest BCUT2D eigenvalue weighted by Crippen LogP contribution is -2.32. The average molecular weight is 314 g/mol. The summed E-state index contributed by atoms with van der Waals surface area (Å²) in [4.78, 5) is 4.24. The summed E-state index contributed by atoms with van der Waals surface area (Å²) in [7, 11) is 0. The molecule has 4 nitrogen and oxygen atoms in total. The second-order valence-electron chi connectivity index (χ2n) is 4.60. The van der Waals surface area contributed by atoms with Crippen LogP contribution in [0.3, 0.4) is 0 Å². The lowest BCUT2D eigenvalue weighted by Gasteiger charge is -2.07. The van der Waals surface area contributed by atoms with E-state index in [0.717, 1.165) is 18.5 Å². The number of rotatable bonds is 5. The first-order chi connectivity index (χ1) is 8.49. The van der Waals surface area contributed by atoms with E-state index >= 15 is 0 Å². The van der Waals surface area contributed by atoms with Crippen LogP contribution < -0.4 is 11.1 Å². The third kappa shape index (κ3) is 5.40. The smallest absolute Gasteiger partial charge is 0.188 e. The van der Waals surface area contributed by atoms with Crippen molar-refractivity contribution in [2.45, 2.75) is 26.8 Å². The number of aliphatic imine (C=N–C) groups is 1. The number of nitrogens with one attached hydrogen (secondary N) is 1. The highest BCUT2D eigenvalue weighted by atomic mass is 79.9. The van der Waals surface area contributed by atoms with Crippen molar-refractivity contribution in [1.82, 2.24) is 5.32 Å². The minimum Gasteiger partial charge on any atom is -0.507 e. The van der Waals surface area contributed by atoms with E-state index in [-0.39, 0.29) is 5.75 Å². The third-order valence-electron chi connectivity index (χ3n) is 2.47. The second-order valence-corrected chi connectivity index (χ2v) is 5.45. The van der Waals surface area contributed by atoms with E-state index in [0.29, 0.717) is 22.9 Å². The normalized spacial score (nSPS) is 11.9. The van der Waals surface area contributed by atoms with Crippen LogP contribution in [0.2, 0.25) is 0 Å². The van der Waals surface area contributed by atoms with E-state index in [1.54, 1.807) is 6.07 Å². The number of phenolic OH excluding ortho intramolecular Hbond substituents is 1. The Morgan fingerprint density at radius 3 is 2.83 bits per heavy atom. The molecule has 0 bridgehead atoms. The standard InChI is InChI=1S/C13H20BrN3O/c1-9(2)5-6-16-13(15)17-8-10-3-4-12(18)11(14)7-10/h3-4,7,9,18H,5-6,8H2,1-2H3,(H3,15,16,17). The van der Waals surface area contributed by atoms with Crippen LogP contribution in [-0.4, -0.2) is 17.6 Å². The van der Waals surface area contributed by atoms with Gasteiger partial charge in [-0.05, 0) is 46.0 Å². The van der Waals surface area contributed by atoms with Gasteiger partial charge in [-0.25, -0.2) is 4.99 Å². The minimum absolute atomic E-state index is 0.228. The van der Waals surface area contributed by atoms with E-state index in [9.17, 15) is 5.11 Å². The Hall–Kier alpha value is -1.23. The molecule has 100 valence electrons. The predicted molar refractivity (Wildman–Crippen MR) is 78.6 cm³/mol. The fourth-order valence-corrected chi connectivity index (χ4v) is 1.80. The highest BCUT2D eigenvalue weighted by Gasteiger charge is 1.99. The fourth-order valence-electron chi connectivity index (χ4n) is 1.37. The highest BCUT2D eigenvalue weighted by molar-refractivity contribution is 9.10. The zero-order valence-electron chi connectivity index (χ0n) is 10.8. The molecule has 4 N–H and O–H groups in total. The molecule has 0 aliphatic carbocycles. The lowest BCUT2D eigenvalue weighted by atomic mass is 10.1. The summed E-state index contributed by atoms with van der Waals surface area (Å²) in [5.41, 5.74) is 6.75. The van der Waals surface area contributed by atoms with E-state index in [4.69, 9.17) is 5.73 Å². The van der Waals surface area contributed by atoms with Gasteiger partial charge in [-0.15, -0.1) is 0 Å². The number of hydrogen-bond acceptors (Lipinski definition) is 2. The van der Waals surface area contributed by atoms with Crippen LogP contribution in [0.15, 0.2) is 27.7 Å². The van der Waals surface area contributed by atoms with Gasteiger partial charge in [0.1, 0.15) is 5.75 Å². The van der Waals surface area contributed by atoms with E-state index in [2.05, 4.69) is 40.1 Å². The Kier molecular flexibility index (Phi) is 5.98. The molecule has 0 saturated carbocycles. The van der Waals surface area contributed by atoms with Gasteiger partial charge in [-0.3, -0.25) is 0 Å². The number of guanidine groups is 1. The molecule has 1 aromatic carbocycles. The lowest BCUT2D eigenvalue weighted by molar-refractivity contribution is 0.471. The van der Waals surface area contributed by atoms with Gasteiger partial charge < -0.3 is 16.2 Å². The molecule has 0 amide bonds. The van der Waals surface area contributed by atoms with Gasteiger partial charge >= 0.3 is 0 Å². The number of halogens is 1. The van der Waals surface area contributed by atoms with Gasteiger partial charge in [0.25, 0.3) is 0 Å². The molecule has 0 unspecified atom stereocenters. The van der Waals surface area contributed by atoms with E-state index in [1.165, 1.54) is 0 Å². The van der Waals surface area contributed by atoms with Gasteiger partial charge in [0.05, 0.1) is 11.0 Å². The van der Waals surface area contributed by atoms with Gasteiger partial charge in [0, 0.05) is 6.54 Å². The van der Waals surface area contributed by atoms with Crippen LogP contribution in [0.25, 0.3) is 0 Å². The van der Waals surface area contributed by atoms with Crippen molar-refractivity contribution in [3.8, 4) is 5.75 Å². The van der Waals surface area contributed by atoms with Crippen molar-refractivity contribution in [1.29, 1.82) is 0 Å². The van der Waals surface area contributed by atoms with Crippen LogP contribution in [0.4, 0.5) is 0 Å². The topological polar surface area (TPSA) is 70.6 Å². The first-order valence-corrected chi connectivity index (χ1v) is 6.79. The van der Waals surface area contributed by atoms with Crippen LogP contribution in [0.1, 0.15) is 25.8 Å². The Labute approximate surface area is 116 Å². The first-order valence-electron chi connectivity index (χ1n) is 6.00. The summed E-state index contributed by atoms with van der Waals surface area (Å²) in [6.07, 6.45) is 1.07. The zero-order chi connectivity index (χ0) is 13.5.